The summed E-state index contributed by atoms with van der Waals surface area (Å²) in [6.45, 7) is 3.49. The summed E-state index contributed by atoms with van der Waals surface area (Å²) in [7, 11) is 0. The van der Waals surface area contributed by atoms with Gasteiger partial charge < -0.3 is 15.0 Å². The lowest BCUT2D eigenvalue weighted by Crippen LogP contribution is -2.43. The van der Waals surface area contributed by atoms with E-state index < -0.39 is 6.36 Å². The Hall–Kier alpha value is -2.84. The molecule has 1 unspecified atom stereocenters. The standard InChI is InChI=1S/C19H21F3N4O2/c1-13-4-9-17(25-24-13)26-10-2-3-15(12-26)18(27)23-11-14-5-7-16(8-6-14)28-19(20,21)22/h4-9,15H,2-3,10-12H2,1H3,(H,23,27). The fourth-order valence-corrected chi connectivity index (χ4v) is 3.10. The molecule has 28 heavy (non-hydrogen) atoms. The van der Waals surface area contributed by atoms with E-state index in [1.54, 1.807) is 0 Å². The number of hydrogen-bond donors (Lipinski definition) is 1. The van der Waals surface area contributed by atoms with Crippen molar-refractivity contribution in [1.82, 2.24) is 15.5 Å². The summed E-state index contributed by atoms with van der Waals surface area (Å²) in [5.41, 5.74) is 1.53. The van der Waals surface area contributed by atoms with Crippen molar-refractivity contribution in [3.8, 4) is 5.75 Å². The molecular formula is C19H21F3N4O2. The quantitative estimate of drug-likeness (QED) is 0.844. The van der Waals surface area contributed by atoms with E-state index in [-0.39, 0.29) is 24.1 Å². The highest BCUT2D eigenvalue weighted by Crippen LogP contribution is 2.23. The fourth-order valence-electron chi connectivity index (χ4n) is 3.10. The number of hydrogen-bond acceptors (Lipinski definition) is 5. The molecule has 1 aromatic carbocycles. The van der Waals surface area contributed by atoms with E-state index in [9.17, 15) is 18.0 Å². The summed E-state index contributed by atoms with van der Waals surface area (Å²) in [4.78, 5) is 14.6. The Balaban J connectivity index is 1.52. The Bertz CT molecular complexity index is 794. The van der Waals surface area contributed by atoms with Crippen molar-refractivity contribution in [3.05, 3.63) is 47.7 Å². The number of halogens is 3. The Morgan fingerprint density at radius 1 is 1.21 bits per heavy atom. The minimum atomic E-state index is -4.72. The number of aromatic nitrogens is 2. The smallest absolute Gasteiger partial charge is 0.406 e. The zero-order valence-corrected chi connectivity index (χ0v) is 15.4. The first kappa shape index (κ1) is 19.9. The SMILES string of the molecule is Cc1ccc(N2CCCC(C(=O)NCc3ccc(OC(F)(F)F)cc3)C2)nn1. The number of carbonyl (C=O) groups excluding carboxylic acids is 1. The molecule has 1 atom stereocenters. The number of carbonyl (C=O) groups is 1. The number of ether oxygens (including phenoxy) is 1. The molecule has 1 N–H and O–H groups in total. The van der Waals surface area contributed by atoms with Crippen molar-refractivity contribution >= 4 is 11.7 Å². The number of alkyl halides is 3. The lowest BCUT2D eigenvalue weighted by molar-refractivity contribution is -0.274. The predicted octanol–water partition coefficient (Wildman–Crippen LogP) is 3.22. The molecule has 2 heterocycles. The van der Waals surface area contributed by atoms with Gasteiger partial charge >= 0.3 is 6.36 Å². The molecule has 0 bridgehead atoms. The molecule has 1 aliphatic rings. The van der Waals surface area contributed by atoms with Crippen LogP contribution in [0.15, 0.2) is 36.4 Å². The lowest BCUT2D eigenvalue weighted by Gasteiger charge is -2.32. The van der Waals surface area contributed by atoms with Gasteiger partial charge in [-0.25, -0.2) is 0 Å². The third kappa shape index (κ3) is 5.58. The first-order chi connectivity index (χ1) is 13.3. The van der Waals surface area contributed by atoms with Gasteiger partial charge in [-0.15, -0.1) is 18.3 Å². The maximum absolute atomic E-state index is 12.5. The van der Waals surface area contributed by atoms with Gasteiger partial charge in [0, 0.05) is 19.6 Å². The minimum Gasteiger partial charge on any atom is -0.406 e. The molecular weight excluding hydrogens is 373 g/mol. The van der Waals surface area contributed by atoms with Crippen LogP contribution in [0, 0.1) is 12.8 Å². The van der Waals surface area contributed by atoms with Crippen molar-refractivity contribution < 1.29 is 22.7 Å². The van der Waals surface area contributed by atoms with Gasteiger partial charge in [0.25, 0.3) is 0 Å². The number of rotatable bonds is 5. The molecule has 6 nitrogen and oxygen atoms in total. The Kier molecular flexibility index (Phi) is 6.01. The number of nitrogens with one attached hydrogen (secondary N) is 1. The van der Waals surface area contributed by atoms with Crippen molar-refractivity contribution in [1.29, 1.82) is 0 Å². The molecule has 0 saturated carbocycles. The second-order valence-corrected chi connectivity index (χ2v) is 6.73. The molecule has 1 amide bonds. The van der Waals surface area contributed by atoms with Gasteiger partial charge in [0.05, 0.1) is 11.6 Å². The monoisotopic (exact) mass is 394 g/mol. The molecule has 1 fully saturated rings. The topological polar surface area (TPSA) is 67.4 Å². The van der Waals surface area contributed by atoms with Gasteiger partial charge in [-0.1, -0.05) is 12.1 Å². The normalized spacial score (nSPS) is 17.3. The highest BCUT2D eigenvalue weighted by Gasteiger charge is 2.31. The number of aryl methyl sites for hydroxylation is 1. The number of nitrogens with zero attached hydrogens (tertiary/aromatic N) is 3. The highest BCUT2D eigenvalue weighted by atomic mass is 19.4. The summed E-state index contributed by atoms with van der Waals surface area (Å²) in [5.74, 6) is 0.207. The van der Waals surface area contributed by atoms with Gasteiger partial charge in [0.15, 0.2) is 5.82 Å². The summed E-state index contributed by atoms with van der Waals surface area (Å²) in [5, 5.41) is 11.1. The molecule has 3 rings (SSSR count). The Labute approximate surface area is 160 Å². The zero-order valence-electron chi connectivity index (χ0n) is 15.4. The number of anilines is 1. The van der Waals surface area contributed by atoms with Crippen LogP contribution >= 0.6 is 0 Å². The molecule has 9 heteroatoms. The third-order valence-electron chi connectivity index (χ3n) is 4.52. The van der Waals surface area contributed by atoms with E-state index >= 15 is 0 Å². The van der Waals surface area contributed by atoms with E-state index in [1.807, 2.05) is 24.0 Å². The molecule has 150 valence electrons. The van der Waals surface area contributed by atoms with Crippen LogP contribution in [-0.2, 0) is 11.3 Å². The molecule has 0 radical (unpaired) electrons. The van der Waals surface area contributed by atoms with Crippen LogP contribution in [0.5, 0.6) is 5.75 Å². The maximum Gasteiger partial charge on any atom is 0.573 e. The average molecular weight is 394 g/mol. The van der Waals surface area contributed by atoms with Crippen LogP contribution in [-0.4, -0.2) is 35.6 Å². The van der Waals surface area contributed by atoms with Crippen molar-refractivity contribution in [2.24, 2.45) is 5.92 Å². The lowest BCUT2D eigenvalue weighted by atomic mass is 9.97. The van der Waals surface area contributed by atoms with Crippen LogP contribution < -0.4 is 15.0 Å². The van der Waals surface area contributed by atoms with Crippen LogP contribution in [0.3, 0.4) is 0 Å². The maximum atomic E-state index is 12.5. The first-order valence-corrected chi connectivity index (χ1v) is 8.98. The van der Waals surface area contributed by atoms with Gasteiger partial charge in [0.1, 0.15) is 5.75 Å². The molecule has 1 saturated heterocycles. The molecule has 2 aromatic rings. The Morgan fingerprint density at radius 3 is 2.61 bits per heavy atom. The van der Waals surface area contributed by atoms with Gasteiger partial charge in [-0.05, 0) is 49.6 Å². The summed E-state index contributed by atoms with van der Waals surface area (Å²) >= 11 is 0. The largest absolute Gasteiger partial charge is 0.573 e. The number of amides is 1. The number of piperidine rings is 1. The second-order valence-electron chi connectivity index (χ2n) is 6.73. The molecule has 1 aliphatic heterocycles. The molecule has 1 aromatic heterocycles. The van der Waals surface area contributed by atoms with Gasteiger partial charge in [-0.3, -0.25) is 4.79 Å². The highest BCUT2D eigenvalue weighted by molar-refractivity contribution is 5.79. The van der Waals surface area contributed by atoms with Crippen molar-refractivity contribution in [2.45, 2.75) is 32.7 Å². The zero-order chi connectivity index (χ0) is 20.1. The summed E-state index contributed by atoms with van der Waals surface area (Å²) in [6.07, 6.45) is -3.07. The van der Waals surface area contributed by atoms with E-state index in [4.69, 9.17) is 0 Å². The van der Waals surface area contributed by atoms with E-state index in [0.717, 1.165) is 30.9 Å². The van der Waals surface area contributed by atoms with E-state index in [2.05, 4.69) is 20.3 Å². The first-order valence-electron chi connectivity index (χ1n) is 8.98. The minimum absolute atomic E-state index is 0.0830. The third-order valence-corrected chi connectivity index (χ3v) is 4.52. The van der Waals surface area contributed by atoms with Crippen LogP contribution in [0.2, 0.25) is 0 Å². The van der Waals surface area contributed by atoms with Crippen molar-refractivity contribution in [2.75, 3.05) is 18.0 Å². The van der Waals surface area contributed by atoms with Crippen LogP contribution in [0.1, 0.15) is 24.1 Å². The van der Waals surface area contributed by atoms with Crippen molar-refractivity contribution in [3.63, 3.8) is 0 Å². The van der Waals surface area contributed by atoms with E-state index in [0.29, 0.717) is 12.1 Å². The average Bonchev–Trinajstić information content (AvgIpc) is 2.67. The summed E-state index contributed by atoms with van der Waals surface area (Å²) < 4.78 is 40.4. The van der Waals surface area contributed by atoms with Crippen LogP contribution in [0.4, 0.5) is 19.0 Å². The summed E-state index contributed by atoms with van der Waals surface area (Å²) in [6, 6.07) is 9.24. The predicted molar refractivity (Wildman–Crippen MR) is 96.7 cm³/mol. The molecule has 0 aliphatic carbocycles. The number of benzene rings is 1. The fraction of sp³-hybridized carbons (Fsp3) is 0.421. The van der Waals surface area contributed by atoms with E-state index in [1.165, 1.54) is 24.3 Å². The Morgan fingerprint density at radius 2 is 1.96 bits per heavy atom. The molecule has 0 spiro atoms. The van der Waals surface area contributed by atoms with Gasteiger partial charge in [-0.2, -0.15) is 5.10 Å². The second kappa shape index (κ2) is 8.45. The van der Waals surface area contributed by atoms with Crippen LogP contribution in [0.25, 0.3) is 0 Å². The van der Waals surface area contributed by atoms with Gasteiger partial charge in [0.2, 0.25) is 5.91 Å².